The van der Waals surface area contributed by atoms with Crippen LogP contribution < -0.4 is 0 Å². The molecule has 0 N–H and O–H groups in total. The normalized spacial score (nSPS) is 11.8. The number of fused-ring (bicyclic) bond motifs is 3. The summed E-state index contributed by atoms with van der Waals surface area (Å²) in [5.41, 5.74) is 10.2. The van der Waals surface area contributed by atoms with Crippen LogP contribution >= 0.6 is 0 Å². The first-order chi connectivity index (χ1) is 29.7. The molecule has 0 aliphatic carbocycles. The van der Waals surface area contributed by atoms with E-state index in [1.54, 1.807) is 0 Å². The van der Waals surface area contributed by atoms with Crippen LogP contribution in [0.2, 0.25) is 0 Å². The lowest BCUT2D eigenvalue weighted by atomic mass is 10.0. The van der Waals surface area contributed by atoms with Crippen molar-refractivity contribution >= 4 is 33.1 Å². The Labute approximate surface area is 360 Å². The topological polar surface area (TPSA) is 53.5 Å². The number of nitrogens with zero attached hydrogens (tertiary/aromatic N) is 6. The van der Waals surface area contributed by atoms with E-state index in [2.05, 4.69) is 125 Å². The molecule has 6 heteroatoms. The number of rotatable bonds is 27. The first-order valence-corrected chi connectivity index (χ1v) is 24.2. The van der Waals surface area contributed by atoms with E-state index < -0.39 is 0 Å². The lowest BCUT2D eigenvalue weighted by molar-refractivity contribution is 0.556. The zero-order chi connectivity index (χ0) is 41.4. The van der Waals surface area contributed by atoms with E-state index in [-0.39, 0.29) is 0 Å². The van der Waals surface area contributed by atoms with Gasteiger partial charge >= 0.3 is 0 Å². The Hall–Kier alpha value is -4.71. The van der Waals surface area contributed by atoms with Crippen molar-refractivity contribution in [2.45, 2.75) is 175 Å². The average Bonchev–Trinajstić information content (AvgIpc) is 3.97. The maximum atomic E-state index is 5.41. The zero-order valence-corrected chi connectivity index (χ0v) is 37.3. The van der Waals surface area contributed by atoms with Crippen molar-refractivity contribution in [2.24, 2.45) is 0 Å². The van der Waals surface area contributed by atoms with Crippen LogP contribution in [0.15, 0.2) is 91.0 Å². The van der Waals surface area contributed by atoms with Gasteiger partial charge in [0.05, 0.1) is 33.1 Å². The minimum Gasteiger partial charge on any atom is -0.324 e. The first-order valence-electron chi connectivity index (χ1n) is 24.2. The van der Waals surface area contributed by atoms with Gasteiger partial charge in [0.15, 0.2) is 0 Å². The molecule has 7 rings (SSSR count). The molecule has 7 aromatic rings. The molecule has 0 saturated heterocycles. The molecule has 0 aliphatic rings. The minimum atomic E-state index is 0.955. The van der Waals surface area contributed by atoms with E-state index >= 15 is 0 Å². The third kappa shape index (κ3) is 11.0. The summed E-state index contributed by atoms with van der Waals surface area (Å²) < 4.78 is 7.48. The number of para-hydroxylation sites is 6. The van der Waals surface area contributed by atoms with Gasteiger partial charge in [0.2, 0.25) is 0 Å². The van der Waals surface area contributed by atoms with E-state index in [0.717, 1.165) is 89.6 Å². The Morgan fingerprint density at radius 2 is 0.567 bits per heavy atom. The second-order valence-corrected chi connectivity index (χ2v) is 17.4. The van der Waals surface area contributed by atoms with Crippen molar-refractivity contribution in [3.63, 3.8) is 0 Å². The quantitative estimate of drug-likeness (QED) is 0.0487. The van der Waals surface area contributed by atoms with Crippen molar-refractivity contribution in [2.75, 3.05) is 0 Å². The van der Waals surface area contributed by atoms with Gasteiger partial charge in [-0.05, 0) is 73.9 Å². The molecule has 318 valence electrons. The lowest BCUT2D eigenvalue weighted by Gasteiger charge is -2.15. The summed E-state index contributed by atoms with van der Waals surface area (Å²) in [7, 11) is 0. The Morgan fingerprint density at radius 1 is 0.317 bits per heavy atom. The van der Waals surface area contributed by atoms with Gasteiger partial charge < -0.3 is 13.7 Å². The number of imidazole rings is 3. The number of hydrogen-bond donors (Lipinski definition) is 0. The highest BCUT2D eigenvalue weighted by Crippen LogP contribution is 2.37. The Morgan fingerprint density at radius 3 is 0.850 bits per heavy atom. The minimum absolute atomic E-state index is 0.955. The standard InChI is InChI=1S/C54H72N6/c1-4-7-10-13-16-19-28-37-58-49-34-25-22-31-46(49)55-52(58)43-40-44(53-56-47-32-23-26-35-50(47)59(53)38-29-20-17-14-11-8-5-2)42-45(41-43)54-57-48-33-24-27-36-51(48)60(54)39-30-21-18-15-12-9-6-3/h22-27,31-36,40-42H,4-21,28-30,37-39H2,1-3H3. The van der Waals surface area contributed by atoms with Crippen LogP contribution in [0.5, 0.6) is 0 Å². The second kappa shape index (κ2) is 22.8. The molecule has 0 saturated carbocycles. The van der Waals surface area contributed by atoms with Gasteiger partial charge in [-0.25, -0.2) is 15.0 Å². The van der Waals surface area contributed by atoms with Gasteiger partial charge in [-0.2, -0.15) is 0 Å². The third-order valence-electron chi connectivity index (χ3n) is 12.6. The van der Waals surface area contributed by atoms with E-state index in [1.807, 2.05) is 0 Å². The van der Waals surface area contributed by atoms with Crippen LogP contribution in [-0.4, -0.2) is 28.7 Å². The molecule has 0 unspecified atom stereocenters. The first kappa shape index (κ1) is 43.4. The van der Waals surface area contributed by atoms with Gasteiger partial charge in [-0.3, -0.25) is 0 Å². The van der Waals surface area contributed by atoms with Crippen molar-refractivity contribution in [3.05, 3.63) is 91.0 Å². The van der Waals surface area contributed by atoms with Crippen molar-refractivity contribution in [1.82, 2.24) is 28.7 Å². The average molecular weight is 805 g/mol. The van der Waals surface area contributed by atoms with Gasteiger partial charge in [0.25, 0.3) is 0 Å². The van der Waals surface area contributed by atoms with E-state index in [9.17, 15) is 0 Å². The number of aromatic nitrogens is 6. The molecular weight excluding hydrogens is 733 g/mol. The van der Waals surface area contributed by atoms with E-state index in [4.69, 9.17) is 15.0 Å². The Kier molecular flexibility index (Phi) is 16.5. The Bertz CT molecular complexity index is 2080. The molecule has 0 bridgehead atoms. The molecule has 3 heterocycles. The maximum absolute atomic E-state index is 5.41. The summed E-state index contributed by atoms with van der Waals surface area (Å²) in [6, 6.07) is 33.2. The third-order valence-corrected chi connectivity index (χ3v) is 12.6. The molecule has 0 atom stereocenters. The van der Waals surface area contributed by atoms with Crippen LogP contribution in [-0.2, 0) is 19.6 Å². The predicted octanol–water partition coefficient (Wildman–Crippen LogP) is 16.0. The summed E-state index contributed by atoms with van der Waals surface area (Å²) in [6.07, 6.45) is 27.0. The van der Waals surface area contributed by atoms with Gasteiger partial charge in [0.1, 0.15) is 17.5 Å². The lowest BCUT2D eigenvalue weighted by Crippen LogP contribution is -2.05. The summed E-state index contributed by atoms with van der Waals surface area (Å²) >= 11 is 0. The fourth-order valence-corrected chi connectivity index (χ4v) is 9.26. The molecule has 0 fully saturated rings. The summed E-state index contributed by atoms with van der Waals surface area (Å²) in [6.45, 7) is 9.75. The number of aryl methyl sites for hydroxylation is 3. The van der Waals surface area contributed by atoms with Crippen LogP contribution in [0.3, 0.4) is 0 Å². The molecule has 0 spiro atoms. The van der Waals surface area contributed by atoms with Gasteiger partial charge in [-0.15, -0.1) is 0 Å². The van der Waals surface area contributed by atoms with E-state index in [0.29, 0.717) is 0 Å². The molecule has 60 heavy (non-hydrogen) atoms. The monoisotopic (exact) mass is 805 g/mol. The molecule has 0 radical (unpaired) electrons. The van der Waals surface area contributed by atoms with Gasteiger partial charge in [0, 0.05) is 36.3 Å². The molecule has 3 aromatic heterocycles. The SMILES string of the molecule is CCCCCCCCCn1c(-c2cc(-c3nc4ccccc4n3CCCCCCCCC)cc(-c3nc4ccccc4n3CCCCCCCCC)c2)nc2ccccc21. The van der Waals surface area contributed by atoms with Gasteiger partial charge in [-0.1, -0.05) is 173 Å². The van der Waals surface area contributed by atoms with Crippen LogP contribution in [0.1, 0.15) is 156 Å². The fraction of sp³-hybridized carbons (Fsp3) is 0.500. The maximum Gasteiger partial charge on any atom is 0.141 e. The van der Waals surface area contributed by atoms with Crippen LogP contribution in [0, 0.1) is 0 Å². The zero-order valence-electron chi connectivity index (χ0n) is 37.3. The highest BCUT2D eigenvalue weighted by Gasteiger charge is 2.21. The fourth-order valence-electron chi connectivity index (χ4n) is 9.26. The molecule has 0 aliphatic heterocycles. The Balaban J connectivity index is 1.30. The predicted molar refractivity (Wildman–Crippen MR) is 257 cm³/mol. The molecular formula is C54H72N6. The van der Waals surface area contributed by atoms with E-state index in [1.165, 1.54) is 132 Å². The highest BCUT2D eigenvalue weighted by atomic mass is 15.1. The largest absolute Gasteiger partial charge is 0.324 e. The molecule has 4 aromatic carbocycles. The van der Waals surface area contributed by atoms with Crippen molar-refractivity contribution < 1.29 is 0 Å². The summed E-state index contributed by atoms with van der Waals surface area (Å²) in [5, 5.41) is 0. The summed E-state index contributed by atoms with van der Waals surface area (Å²) in [5.74, 6) is 3.11. The molecule has 0 amide bonds. The second-order valence-electron chi connectivity index (χ2n) is 17.4. The smallest absolute Gasteiger partial charge is 0.141 e. The number of unbranched alkanes of at least 4 members (excludes halogenated alkanes) is 18. The van der Waals surface area contributed by atoms with Crippen molar-refractivity contribution in [1.29, 1.82) is 0 Å². The van der Waals surface area contributed by atoms with Crippen molar-refractivity contribution in [3.8, 4) is 34.2 Å². The number of benzene rings is 4. The van der Waals surface area contributed by atoms with Crippen LogP contribution in [0.4, 0.5) is 0 Å². The molecule has 6 nitrogen and oxygen atoms in total. The summed E-state index contributed by atoms with van der Waals surface area (Å²) in [4.78, 5) is 16.2. The number of hydrogen-bond acceptors (Lipinski definition) is 3. The highest BCUT2D eigenvalue weighted by molar-refractivity contribution is 5.87. The van der Waals surface area contributed by atoms with Crippen LogP contribution in [0.25, 0.3) is 67.3 Å².